The summed E-state index contributed by atoms with van der Waals surface area (Å²) in [5, 5.41) is 4.33. The van der Waals surface area contributed by atoms with Crippen LogP contribution in [0.25, 0.3) is 5.69 Å². The lowest BCUT2D eigenvalue weighted by Gasteiger charge is -2.09. The highest BCUT2D eigenvalue weighted by Crippen LogP contribution is 2.18. The summed E-state index contributed by atoms with van der Waals surface area (Å²) in [6, 6.07) is 7.93. The molecule has 0 spiro atoms. The fraction of sp³-hybridized carbons (Fsp3) is 0.474. The number of para-hydroxylation sites is 1. The lowest BCUT2D eigenvalue weighted by molar-refractivity contribution is 0.0302. The molecule has 2 rings (SSSR count). The molecule has 0 bridgehead atoms. The van der Waals surface area contributed by atoms with Gasteiger partial charge < -0.3 is 9.47 Å². The number of aromatic nitrogens is 2. The molecule has 0 unspecified atom stereocenters. The molecule has 0 saturated heterocycles. The summed E-state index contributed by atoms with van der Waals surface area (Å²) in [4.78, 5) is 12.2. The van der Waals surface area contributed by atoms with Crippen molar-refractivity contribution in [1.29, 1.82) is 0 Å². The summed E-state index contributed by atoms with van der Waals surface area (Å²) in [6.07, 6.45) is 2.57. The molecule has 1 aromatic heterocycles. The molecule has 2 aromatic rings. The number of aryl methyl sites for hydroxylation is 1. The molecule has 1 heterocycles. The summed E-state index contributed by atoms with van der Waals surface area (Å²) in [5.74, 6) is 0.252. The quantitative estimate of drug-likeness (QED) is 0.547. The Morgan fingerprint density at radius 1 is 1.17 bits per heavy atom. The van der Waals surface area contributed by atoms with Crippen LogP contribution in [0.15, 0.2) is 30.5 Å². The van der Waals surface area contributed by atoms with Crippen molar-refractivity contribution in [2.24, 2.45) is 5.92 Å². The van der Waals surface area contributed by atoms with E-state index < -0.39 is 0 Å². The van der Waals surface area contributed by atoms with E-state index >= 15 is 0 Å². The smallest absolute Gasteiger partial charge is 0.341 e. The van der Waals surface area contributed by atoms with Crippen molar-refractivity contribution in [2.45, 2.75) is 34.1 Å². The average molecular weight is 330 g/mol. The Balaban J connectivity index is 1.91. The largest absolute Gasteiger partial charge is 0.460 e. The van der Waals surface area contributed by atoms with Gasteiger partial charge in [0.05, 0.1) is 24.2 Å². The van der Waals surface area contributed by atoms with Crippen molar-refractivity contribution < 1.29 is 14.3 Å². The number of ether oxygens (including phenoxy) is 2. The fourth-order valence-corrected chi connectivity index (χ4v) is 2.35. The predicted octanol–water partition coefficient (Wildman–Crippen LogP) is 3.71. The zero-order chi connectivity index (χ0) is 17.5. The molecular formula is C19H26N2O3. The van der Waals surface area contributed by atoms with Gasteiger partial charge in [-0.3, -0.25) is 0 Å². The number of benzene rings is 1. The van der Waals surface area contributed by atoms with Gasteiger partial charge in [-0.05, 0) is 37.8 Å². The maximum absolute atomic E-state index is 12.2. The molecule has 130 valence electrons. The third-order valence-electron chi connectivity index (χ3n) is 3.87. The molecule has 24 heavy (non-hydrogen) atoms. The molecule has 0 aliphatic rings. The molecule has 0 fully saturated rings. The van der Waals surface area contributed by atoms with Gasteiger partial charge in [0.25, 0.3) is 0 Å². The van der Waals surface area contributed by atoms with Crippen LogP contribution in [0.1, 0.15) is 41.9 Å². The van der Waals surface area contributed by atoms with Crippen LogP contribution >= 0.6 is 0 Å². The number of hydrogen-bond donors (Lipinski definition) is 0. The van der Waals surface area contributed by atoms with Gasteiger partial charge in [0.15, 0.2) is 0 Å². The van der Waals surface area contributed by atoms with E-state index in [9.17, 15) is 4.79 Å². The Morgan fingerprint density at radius 3 is 2.62 bits per heavy atom. The highest BCUT2D eigenvalue weighted by molar-refractivity contribution is 5.90. The number of hydrogen-bond acceptors (Lipinski definition) is 4. The average Bonchev–Trinajstić information content (AvgIpc) is 2.92. The first-order valence-electron chi connectivity index (χ1n) is 8.36. The van der Waals surface area contributed by atoms with Crippen molar-refractivity contribution in [3.8, 4) is 5.69 Å². The second-order valence-electron chi connectivity index (χ2n) is 6.27. The topological polar surface area (TPSA) is 53.4 Å². The molecule has 0 atom stereocenters. The van der Waals surface area contributed by atoms with Crippen LogP contribution in [0.5, 0.6) is 0 Å². The number of rotatable bonds is 8. The van der Waals surface area contributed by atoms with Crippen molar-refractivity contribution in [3.63, 3.8) is 0 Å². The van der Waals surface area contributed by atoms with Crippen molar-refractivity contribution in [2.75, 3.05) is 19.8 Å². The Hall–Kier alpha value is -2.14. The minimum absolute atomic E-state index is 0.256. The molecule has 1 aromatic carbocycles. The van der Waals surface area contributed by atoms with Crippen LogP contribution in [0, 0.1) is 19.8 Å². The van der Waals surface area contributed by atoms with Crippen LogP contribution in [-0.2, 0) is 9.47 Å². The normalized spacial score (nSPS) is 11.0. The van der Waals surface area contributed by atoms with E-state index in [-0.39, 0.29) is 12.6 Å². The zero-order valence-electron chi connectivity index (χ0n) is 14.9. The van der Waals surface area contributed by atoms with Gasteiger partial charge in [-0.2, -0.15) is 5.10 Å². The Labute approximate surface area is 143 Å². The Morgan fingerprint density at radius 2 is 1.92 bits per heavy atom. The zero-order valence-corrected chi connectivity index (χ0v) is 14.9. The maximum Gasteiger partial charge on any atom is 0.341 e. The predicted molar refractivity (Wildman–Crippen MR) is 93.6 cm³/mol. The summed E-state index contributed by atoms with van der Waals surface area (Å²) >= 11 is 0. The first kappa shape index (κ1) is 18.2. The number of carbonyl (C=O) groups excluding carboxylic acids is 1. The van der Waals surface area contributed by atoms with Crippen LogP contribution in [0.3, 0.4) is 0 Å². The molecule has 0 radical (unpaired) electrons. The monoisotopic (exact) mass is 330 g/mol. The summed E-state index contributed by atoms with van der Waals surface area (Å²) in [7, 11) is 0. The molecule has 0 amide bonds. The van der Waals surface area contributed by atoms with E-state index in [1.807, 2.05) is 38.1 Å². The summed E-state index contributed by atoms with van der Waals surface area (Å²) in [6.45, 7) is 9.56. The van der Waals surface area contributed by atoms with Crippen LogP contribution in [0.4, 0.5) is 0 Å². The van der Waals surface area contributed by atoms with Gasteiger partial charge in [-0.1, -0.05) is 32.0 Å². The molecule has 5 nitrogen and oxygen atoms in total. The first-order chi connectivity index (χ1) is 11.5. The second kappa shape index (κ2) is 8.64. The van der Waals surface area contributed by atoms with E-state index in [0.29, 0.717) is 24.7 Å². The van der Waals surface area contributed by atoms with Crippen LogP contribution < -0.4 is 0 Å². The van der Waals surface area contributed by atoms with Crippen molar-refractivity contribution in [3.05, 3.63) is 47.3 Å². The highest BCUT2D eigenvalue weighted by Gasteiger charge is 2.17. The SMILES string of the molecule is Cc1ccccc1-n1ncc(C(=O)OCCOCCC(C)C)c1C. The minimum Gasteiger partial charge on any atom is -0.460 e. The van der Waals surface area contributed by atoms with Crippen molar-refractivity contribution in [1.82, 2.24) is 9.78 Å². The van der Waals surface area contributed by atoms with E-state index in [2.05, 4.69) is 18.9 Å². The lowest BCUT2D eigenvalue weighted by Crippen LogP contribution is -2.12. The molecule has 5 heteroatoms. The lowest BCUT2D eigenvalue weighted by atomic mass is 10.1. The minimum atomic E-state index is -0.361. The van der Waals surface area contributed by atoms with Gasteiger partial charge >= 0.3 is 5.97 Å². The third-order valence-corrected chi connectivity index (χ3v) is 3.87. The van der Waals surface area contributed by atoms with Gasteiger partial charge in [0, 0.05) is 6.61 Å². The van der Waals surface area contributed by atoms with Gasteiger partial charge in [0.1, 0.15) is 12.2 Å². The van der Waals surface area contributed by atoms with E-state index in [1.54, 1.807) is 10.9 Å². The maximum atomic E-state index is 12.2. The van der Waals surface area contributed by atoms with Gasteiger partial charge in [-0.15, -0.1) is 0 Å². The standard InChI is InChI=1S/C19H26N2O3/c1-14(2)9-10-23-11-12-24-19(22)17-13-20-21(16(17)4)18-8-6-5-7-15(18)3/h5-8,13-14H,9-12H2,1-4H3. The number of esters is 1. The molecule has 0 N–H and O–H groups in total. The second-order valence-corrected chi connectivity index (χ2v) is 6.27. The summed E-state index contributed by atoms with van der Waals surface area (Å²) in [5.41, 5.74) is 3.32. The molecule has 0 aliphatic carbocycles. The van der Waals surface area contributed by atoms with E-state index in [0.717, 1.165) is 23.4 Å². The van der Waals surface area contributed by atoms with E-state index in [4.69, 9.17) is 9.47 Å². The third kappa shape index (κ3) is 4.68. The van der Waals surface area contributed by atoms with Gasteiger partial charge in [-0.25, -0.2) is 9.48 Å². The molecular weight excluding hydrogens is 304 g/mol. The van der Waals surface area contributed by atoms with Gasteiger partial charge in [0.2, 0.25) is 0 Å². The molecule has 0 aliphatic heterocycles. The molecule has 0 saturated carbocycles. The summed E-state index contributed by atoms with van der Waals surface area (Å²) < 4.78 is 12.5. The van der Waals surface area contributed by atoms with Crippen molar-refractivity contribution >= 4 is 5.97 Å². The Bertz CT molecular complexity index is 677. The fourth-order valence-electron chi connectivity index (χ4n) is 2.35. The number of carbonyl (C=O) groups is 1. The number of nitrogens with zero attached hydrogens (tertiary/aromatic N) is 2. The van der Waals surface area contributed by atoms with Crippen LogP contribution in [-0.4, -0.2) is 35.6 Å². The Kier molecular flexibility index (Phi) is 6.55. The highest BCUT2D eigenvalue weighted by atomic mass is 16.6. The van der Waals surface area contributed by atoms with Crippen LogP contribution in [0.2, 0.25) is 0 Å². The first-order valence-corrected chi connectivity index (χ1v) is 8.36. The van der Waals surface area contributed by atoms with E-state index in [1.165, 1.54) is 0 Å².